The van der Waals surface area contributed by atoms with E-state index in [1.54, 1.807) is 13.8 Å². The molecular formula is C19H30N4O5S. The van der Waals surface area contributed by atoms with E-state index in [9.17, 15) is 13.2 Å². The van der Waals surface area contributed by atoms with Crippen molar-refractivity contribution >= 4 is 22.0 Å². The summed E-state index contributed by atoms with van der Waals surface area (Å²) in [6.45, 7) is 9.89. The SMILES string of the molecule is Cc1c(C)c(S(=O)(=O)NC(N)=NCCC[C@H](N)C(=O)O)c(C)c2c1C(C)(C)OC2. The maximum atomic E-state index is 13.0. The molecular weight excluding hydrogens is 396 g/mol. The van der Waals surface area contributed by atoms with E-state index in [2.05, 4.69) is 9.71 Å². The van der Waals surface area contributed by atoms with E-state index in [0.717, 1.165) is 16.7 Å². The summed E-state index contributed by atoms with van der Waals surface area (Å²) in [7, 11) is -3.95. The Bertz CT molecular complexity index is 954. The van der Waals surface area contributed by atoms with Crippen LogP contribution in [0.25, 0.3) is 0 Å². The monoisotopic (exact) mass is 426 g/mol. The number of sulfonamides is 1. The number of guanidine groups is 1. The van der Waals surface area contributed by atoms with Crippen molar-refractivity contribution in [1.29, 1.82) is 0 Å². The van der Waals surface area contributed by atoms with Gasteiger partial charge in [0.15, 0.2) is 0 Å². The molecule has 1 heterocycles. The third-order valence-corrected chi connectivity index (χ3v) is 6.96. The summed E-state index contributed by atoms with van der Waals surface area (Å²) in [6, 6.07) is -0.978. The molecule has 0 unspecified atom stereocenters. The first-order valence-electron chi connectivity index (χ1n) is 9.37. The molecule has 0 fully saturated rings. The predicted molar refractivity (Wildman–Crippen MR) is 110 cm³/mol. The highest BCUT2D eigenvalue weighted by Crippen LogP contribution is 2.43. The van der Waals surface area contributed by atoms with E-state index in [4.69, 9.17) is 21.3 Å². The van der Waals surface area contributed by atoms with Crippen molar-refractivity contribution in [3.05, 3.63) is 27.8 Å². The zero-order valence-corrected chi connectivity index (χ0v) is 18.3. The minimum absolute atomic E-state index is 0.165. The Morgan fingerprint density at radius 3 is 2.48 bits per heavy atom. The summed E-state index contributed by atoms with van der Waals surface area (Å²) >= 11 is 0. The molecule has 1 atom stereocenters. The van der Waals surface area contributed by atoms with E-state index in [0.29, 0.717) is 24.2 Å². The van der Waals surface area contributed by atoms with Crippen molar-refractivity contribution < 1.29 is 23.1 Å². The van der Waals surface area contributed by atoms with Gasteiger partial charge in [-0.3, -0.25) is 9.79 Å². The number of nitrogens with one attached hydrogen (secondary N) is 1. The van der Waals surface area contributed by atoms with Crippen LogP contribution in [0.15, 0.2) is 9.89 Å². The van der Waals surface area contributed by atoms with E-state index >= 15 is 0 Å². The van der Waals surface area contributed by atoms with Crippen LogP contribution in [0.2, 0.25) is 0 Å². The van der Waals surface area contributed by atoms with Gasteiger partial charge in [0.05, 0.1) is 17.1 Å². The number of ether oxygens (including phenoxy) is 1. The molecule has 9 nitrogen and oxygen atoms in total. The van der Waals surface area contributed by atoms with E-state index < -0.39 is 27.6 Å². The summed E-state index contributed by atoms with van der Waals surface area (Å²) < 4.78 is 34.2. The normalized spacial score (nSPS) is 17.1. The number of nitrogens with two attached hydrogens (primary N) is 2. The summed E-state index contributed by atoms with van der Waals surface area (Å²) in [4.78, 5) is 14.9. The molecule has 0 aromatic heterocycles. The second kappa shape index (κ2) is 8.29. The lowest BCUT2D eigenvalue weighted by Crippen LogP contribution is -2.38. The molecule has 0 saturated heterocycles. The minimum atomic E-state index is -3.95. The molecule has 10 heteroatoms. The number of carbonyl (C=O) groups is 1. The van der Waals surface area contributed by atoms with Crippen molar-refractivity contribution in [2.24, 2.45) is 16.5 Å². The standard InChI is InChI=1S/C19H30N4O5S/c1-10-11(2)16(12(3)13-9-28-19(4,5)15(10)13)29(26,27)23-18(21)22-8-6-7-14(20)17(24)25/h14H,6-9,20H2,1-5H3,(H,24,25)(H3,21,22,23)/t14-/m0/s1. The lowest BCUT2D eigenvalue weighted by atomic mass is 9.87. The van der Waals surface area contributed by atoms with Crippen LogP contribution < -0.4 is 16.2 Å². The van der Waals surface area contributed by atoms with Gasteiger partial charge < -0.3 is 21.3 Å². The number of carboxylic acid groups (broad SMARTS) is 1. The highest BCUT2D eigenvalue weighted by atomic mass is 32.2. The fourth-order valence-electron chi connectivity index (χ4n) is 3.77. The van der Waals surface area contributed by atoms with Gasteiger partial charge >= 0.3 is 5.97 Å². The zero-order chi connectivity index (χ0) is 22.1. The molecule has 162 valence electrons. The summed E-state index contributed by atoms with van der Waals surface area (Å²) in [6.07, 6.45) is 0.592. The average molecular weight is 427 g/mol. The van der Waals surface area contributed by atoms with Gasteiger partial charge in [0, 0.05) is 6.54 Å². The first kappa shape index (κ1) is 23.1. The Morgan fingerprint density at radius 2 is 1.90 bits per heavy atom. The largest absolute Gasteiger partial charge is 0.480 e. The van der Waals surface area contributed by atoms with Gasteiger partial charge in [-0.2, -0.15) is 0 Å². The molecule has 29 heavy (non-hydrogen) atoms. The van der Waals surface area contributed by atoms with Crippen LogP contribution in [0.1, 0.15) is 54.5 Å². The van der Waals surface area contributed by atoms with Crippen LogP contribution in [-0.2, 0) is 31.8 Å². The number of hydrogen-bond acceptors (Lipinski definition) is 6. The molecule has 1 aliphatic rings. The molecule has 0 amide bonds. The first-order valence-corrected chi connectivity index (χ1v) is 10.9. The average Bonchev–Trinajstić information content (AvgIpc) is 2.91. The van der Waals surface area contributed by atoms with Gasteiger partial charge in [-0.25, -0.2) is 13.1 Å². The molecule has 0 spiro atoms. The second-order valence-corrected chi connectivity index (χ2v) is 9.44. The smallest absolute Gasteiger partial charge is 0.320 e. The number of aliphatic carboxylic acids is 1. The summed E-state index contributed by atoms with van der Waals surface area (Å²) in [5, 5.41) is 8.76. The summed E-state index contributed by atoms with van der Waals surface area (Å²) in [5.74, 6) is -1.34. The minimum Gasteiger partial charge on any atom is -0.480 e. The molecule has 1 aromatic rings. The molecule has 6 N–H and O–H groups in total. The number of fused-ring (bicyclic) bond motifs is 1. The van der Waals surface area contributed by atoms with E-state index in [1.165, 1.54) is 0 Å². The maximum Gasteiger partial charge on any atom is 0.320 e. The molecule has 1 aliphatic heterocycles. The van der Waals surface area contributed by atoms with Gasteiger partial charge in [-0.15, -0.1) is 0 Å². The van der Waals surface area contributed by atoms with Crippen molar-refractivity contribution in [3.8, 4) is 0 Å². The Balaban J connectivity index is 2.25. The molecule has 2 rings (SSSR count). The van der Waals surface area contributed by atoms with Crippen molar-refractivity contribution in [3.63, 3.8) is 0 Å². The van der Waals surface area contributed by atoms with Crippen LogP contribution in [0.4, 0.5) is 0 Å². The Morgan fingerprint density at radius 1 is 1.28 bits per heavy atom. The van der Waals surface area contributed by atoms with Crippen LogP contribution in [-0.4, -0.2) is 38.0 Å². The van der Waals surface area contributed by atoms with Crippen LogP contribution in [0, 0.1) is 20.8 Å². The number of nitrogens with zero attached hydrogens (tertiary/aromatic N) is 1. The topological polar surface area (TPSA) is 157 Å². The Hall–Kier alpha value is -2.17. The molecule has 0 aliphatic carbocycles. The molecule has 0 bridgehead atoms. The summed E-state index contributed by atoms with van der Waals surface area (Å²) in [5.41, 5.74) is 14.8. The molecule has 0 radical (unpaired) electrons. The Kier molecular flexibility index (Phi) is 6.61. The van der Waals surface area contributed by atoms with Crippen LogP contribution in [0.3, 0.4) is 0 Å². The first-order chi connectivity index (χ1) is 13.3. The van der Waals surface area contributed by atoms with E-state index in [1.807, 2.05) is 20.8 Å². The highest BCUT2D eigenvalue weighted by Gasteiger charge is 2.37. The Labute approximate surface area is 171 Å². The third-order valence-electron chi connectivity index (χ3n) is 5.33. The van der Waals surface area contributed by atoms with Crippen molar-refractivity contribution in [2.75, 3.05) is 6.54 Å². The third kappa shape index (κ3) is 4.71. The van der Waals surface area contributed by atoms with Gasteiger partial charge in [0.2, 0.25) is 5.96 Å². The van der Waals surface area contributed by atoms with Gasteiger partial charge in [0.1, 0.15) is 6.04 Å². The predicted octanol–water partition coefficient (Wildman–Crippen LogP) is 1.16. The number of benzene rings is 1. The number of hydrogen-bond donors (Lipinski definition) is 4. The van der Waals surface area contributed by atoms with Crippen molar-refractivity contribution in [1.82, 2.24) is 4.72 Å². The molecule has 0 saturated carbocycles. The van der Waals surface area contributed by atoms with Crippen LogP contribution in [0.5, 0.6) is 0 Å². The fraction of sp³-hybridized carbons (Fsp3) is 0.579. The lowest BCUT2D eigenvalue weighted by molar-refractivity contribution is -0.138. The quantitative estimate of drug-likeness (QED) is 0.289. The number of aliphatic imine (C=N–C) groups is 1. The second-order valence-electron chi connectivity index (χ2n) is 7.82. The van der Waals surface area contributed by atoms with Crippen molar-refractivity contribution in [2.45, 2.75) is 70.6 Å². The fourth-order valence-corrected chi connectivity index (χ4v) is 5.29. The van der Waals surface area contributed by atoms with Gasteiger partial charge in [0.25, 0.3) is 10.0 Å². The molecule has 1 aromatic carbocycles. The van der Waals surface area contributed by atoms with Crippen LogP contribution >= 0.6 is 0 Å². The van der Waals surface area contributed by atoms with E-state index in [-0.39, 0.29) is 23.8 Å². The maximum absolute atomic E-state index is 13.0. The zero-order valence-electron chi connectivity index (χ0n) is 17.5. The lowest BCUT2D eigenvalue weighted by Gasteiger charge is -2.24. The highest BCUT2D eigenvalue weighted by molar-refractivity contribution is 7.90. The number of carboxylic acids is 1. The van der Waals surface area contributed by atoms with Gasteiger partial charge in [-0.05, 0) is 75.3 Å². The van der Waals surface area contributed by atoms with Gasteiger partial charge in [-0.1, -0.05) is 0 Å². The number of rotatable bonds is 7.